The van der Waals surface area contributed by atoms with Crippen LogP contribution in [0.15, 0.2) is 97.1 Å². The smallest absolute Gasteiger partial charge is 0.193 e. The molecule has 0 radical (unpaired) electrons. The minimum Gasteiger partial charge on any atom is -0.341 e. The van der Waals surface area contributed by atoms with Crippen LogP contribution >= 0.6 is 0 Å². The minimum atomic E-state index is 0.0543. The Hall–Kier alpha value is -3.65. The van der Waals surface area contributed by atoms with Crippen molar-refractivity contribution in [2.75, 3.05) is 0 Å². The molecule has 0 amide bonds. The number of para-hydroxylation sites is 1. The van der Waals surface area contributed by atoms with E-state index in [0.29, 0.717) is 11.1 Å². The van der Waals surface area contributed by atoms with E-state index in [-0.39, 0.29) is 5.78 Å². The van der Waals surface area contributed by atoms with Gasteiger partial charge in [-0.2, -0.15) is 0 Å². The fourth-order valence-electron chi connectivity index (χ4n) is 4.14. The first-order valence-electron chi connectivity index (χ1n) is 9.97. The van der Waals surface area contributed by atoms with Gasteiger partial charge in [-0.25, -0.2) is 0 Å². The largest absolute Gasteiger partial charge is 0.341 e. The van der Waals surface area contributed by atoms with E-state index >= 15 is 0 Å². The third-order valence-electron chi connectivity index (χ3n) is 5.60. The van der Waals surface area contributed by atoms with E-state index in [1.165, 1.54) is 21.8 Å². The fraction of sp³-hybridized carbons (Fsp3) is 0.0741. The lowest BCUT2D eigenvalue weighted by Crippen LogP contribution is -2.00. The molecule has 0 aliphatic carbocycles. The quantitative estimate of drug-likeness (QED) is 0.320. The highest BCUT2D eigenvalue weighted by molar-refractivity contribution is 6.10. The van der Waals surface area contributed by atoms with Gasteiger partial charge in [-0.05, 0) is 36.2 Å². The molecule has 0 saturated carbocycles. The maximum atomic E-state index is 12.6. The van der Waals surface area contributed by atoms with Gasteiger partial charge in [0.25, 0.3) is 0 Å². The van der Waals surface area contributed by atoms with Crippen molar-refractivity contribution in [1.82, 2.24) is 4.57 Å². The maximum Gasteiger partial charge on any atom is 0.193 e. The highest BCUT2D eigenvalue weighted by Crippen LogP contribution is 2.32. The number of rotatable bonds is 4. The third-order valence-corrected chi connectivity index (χ3v) is 5.60. The van der Waals surface area contributed by atoms with Crippen LogP contribution in [0.1, 0.15) is 22.8 Å². The predicted molar refractivity (Wildman–Crippen MR) is 120 cm³/mol. The van der Waals surface area contributed by atoms with Crippen LogP contribution in [0, 0.1) is 0 Å². The van der Waals surface area contributed by atoms with Gasteiger partial charge in [0, 0.05) is 39.5 Å². The van der Waals surface area contributed by atoms with Crippen molar-refractivity contribution in [1.29, 1.82) is 0 Å². The molecule has 0 N–H and O–H groups in total. The molecule has 1 aromatic heterocycles. The highest BCUT2D eigenvalue weighted by Gasteiger charge is 2.12. The summed E-state index contributed by atoms with van der Waals surface area (Å²) >= 11 is 0. The van der Waals surface area contributed by atoms with Crippen molar-refractivity contribution < 1.29 is 4.79 Å². The summed E-state index contributed by atoms with van der Waals surface area (Å²) in [7, 11) is 0. The van der Waals surface area contributed by atoms with Gasteiger partial charge in [-0.15, -0.1) is 0 Å². The van der Waals surface area contributed by atoms with Crippen LogP contribution in [-0.2, 0) is 6.54 Å². The Balaban J connectivity index is 1.56. The van der Waals surface area contributed by atoms with Gasteiger partial charge in [0.2, 0.25) is 0 Å². The van der Waals surface area contributed by atoms with Crippen LogP contribution in [0.5, 0.6) is 0 Å². The van der Waals surface area contributed by atoms with E-state index in [2.05, 4.69) is 54.0 Å². The number of aryl methyl sites for hydroxylation is 1. The average molecular weight is 375 g/mol. The highest BCUT2D eigenvalue weighted by atomic mass is 16.1. The minimum absolute atomic E-state index is 0.0543. The Labute approximate surface area is 170 Å². The SMILES string of the molecule is CCn1c2ccccc2c2cc(-c3ccc(C(=O)c4ccccc4)cc3)ccc21. The summed E-state index contributed by atoms with van der Waals surface area (Å²) in [4.78, 5) is 12.6. The predicted octanol–water partition coefficient (Wildman–Crippen LogP) is 6.71. The summed E-state index contributed by atoms with van der Waals surface area (Å²) in [6, 6.07) is 32.5. The van der Waals surface area contributed by atoms with E-state index in [4.69, 9.17) is 0 Å². The topological polar surface area (TPSA) is 22.0 Å². The van der Waals surface area contributed by atoms with Crippen LogP contribution in [0.2, 0.25) is 0 Å². The van der Waals surface area contributed by atoms with Gasteiger partial charge in [-0.3, -0.25) is 4.79 Å². The summed E-state index contributed by atoms with van der Waals surface area (Å²) < 4.78 is 2.36. The number of fused-ring (bicyclic) bond motifs is 3. The number of carbonyl (C=O) groups excluding carboxylic acids is 1. The van der Waals surface area contributed by atoms with Crippen LogP contribution in [-0.4, -0.2) is 10.4 Å². The number of carbonyl (C=O) groups is 1. The molecule has 0 fully saturated rings. The first-order chi connectivity index (χ1) is 14.3. The van der Waals surface area contributed by atoms with Crippen molar-refractivity contribution >= 4 is 27.6 Å². The van der Waals surface area contributed by atoms with Crippen LogP contribution in [0.4, 0.5) is 0 Å². The van der Waals surface area contributed by atoms with Gasteiger partial charge in [-0.1, -0.05) is 78.9 Å². The molecule has 4 aromatic carbocycles. The zero-order valence-corrected chi connectivity index (χ0v) is 16.3. The van der Waals surface area contributed by atoms with E-state index in [0.717, 1.165) is 17.7 Å². The average Bonchev–Trinajstić information content (AvgIpc) is 3.12. The second-order valence-electron chi connectivity index (χ2n) is 7.27. The standard InChI is InChI=1S/C27H21NO/c1-2-28-25-11-7-6-10-23(25)24-18-22(16-17-26(24)28)19-12-14-21(15-13-19)27(29)20-8-4-3-5-9-20/h3-18H,2H2,1H3. The van der Waals surface area contributed by atoms with Crippen molar-refractivity contribution in [3.63, 3.8) is 0 Å². The number of aromatic nitrogens is 1. The Morgan fingerprint density at radius 3 is 2.03 bits per heavy atom. The molecule has 0 saturated heterocycles. The van der Waals surface area contributed by atoms with Crippen LogP contribution in [0.25, 0.3) is 32.9 Å². The second kappa shape index (κ2) is 7.06. The summed E-state index contributed by atoms with van der Waals surface area (Å²) in [6.45, 7) is 3.13. The van der Waals surface area contributed by atoms with Crippen molar-refractivity contribution in [2.45, 2.75) is 13.5 Å². The second-order valence-corrected chi connectivity index (χ2v) is 7.27. The number of hydrogen-bond donors (Lipinski definition) is 0. The zero-order valence-electron chi connectivity index (χ0n) is 16.3. The molecule has 29 heavy (non-hydrogen) atoms. The summed E-state index contributed by atoms with van der Waals surface area (Å²) in [5.41, 5.74) is 6.23. The summed E-state index contributed by atoms with van der Waals surface area (Å²) in [6.07, 6.45) is 0. The number of hydrogen-bond acceptors (Lipinski definition) is 1. The molecule has 0 aliphatic heterocycles. The molecule has 0 aliphatic rings. The van der Waals surface area contributed by atoms with Crippen molar-refractivity contribution in [3.05, 3.63) is 108 Å². The van der Waals surface area contributed by atoms with Crippen molar-refractivity contribution in [2.24, 2.45) is 0 Å². The zero-order chi connectivity index (χ0) is 19.8. The molecule has 2 heteroatoms. The van der Waals surface area contributed by atoms with Gasteiger partial charge in [0.15, 0.2) is 5.78 Å². The maximum absolute atomic E-state index is 12.6. The van der Waals surface area contributed by atoms with E-state index < -0.39 is 0 Å². The first-order valence-corrected chi connectivity index (χ1v) is 9.97. The molecule has 0 spiro atoms. The van der Waals surface area contributed by atoms with Crippen LogP contribution < -0.4 is 0 Å². The number of nitrogens with zero attached hydrogens (tertiary/aromatic N) is 1. The first kappa shape index (κ1) is 17.4. The molecule has 140 valence electrons. The lowest BCUT2D eigenvalue weighted by molar-refractivity contribution is 0.103. The van der Waals surface area contributed by atoms with Gasteiger partial charge in [0.1, 0.15) is 0 Å². The van der Waals surface area contributed by atoms with E-state index in [1.54, 1.807) is 0 Å². The molecular weight excluding hydrogens is 354 g/mol. The molecule has 0 atom stereocenters. The molecule has 5 rings (SSSR count). The number of benzene rings is 4. The molecule has 0 unspecified atom stereocenters. The number of ketones is 1. The van der Waals surface area contributed by atoms with E-state index in [1.807, 2.05) is 54.6 Å². The molecule has 0 bridgehead atoms. The van der Waals surface area contributed by atoms with Gasteiger partial charge in [0.05, 0.1) is 0 Å². The molecule has 5 aromatic rings. The lowest BCUT2D eigenvalue weighted by atomic mass is 9.98. The molecule has 1 heterocycles. The van der Waals surface area contributed by atoms with Crippen LogP contribution in [0.3, 0.4) is 0 Å². The Kier molecular flexibility index (Phi) is 4.25. The summed E-state index contributed by atoms with van der Waals surface area (Å²) in [5.74, 6) is 0.0543. The molecular formula is C27H21NO. The monoisotopic (exact) mass is 375 g/mol. The van der Waals surface area contributed by atoms with Gasteiger partial charge >= 0.3 is 0 Å². The van der Waals surface area contributed by atoms with E-state index in [9.17, 15) is 4.79 Å². The molecule has 2 nitrogen and oxygen atoms in total. The Morgan fingerprint density at radius 1 is 0.655 bits per heavy atom. The Bertz CT molecular complexity index is 1330. The van der Waals surface area contributed by atoms with Crippen molar-refractivity contribution in [3.8, 4) is 11.1 Å². The lowest BCUT2D eigenvalue weighted by Gasteiger charge is -2.06. The normalized spacial score (nSPS) is 11.2. The fourth-order valence-corrected chi connectivity index (χ4v) is 4.14. The Morgan fingerprint density at radius 2 is 1.28 bits per heavy atom. The third kappa shape index (κ3) is 2.94. The summed E-state index contributed by atoms with van der Waals surface area (Å²) in [5, 5.41) is 2.55. The van der Waals surface area contributed by atoms with Gasteiger partial charge < -0.3 is 4.57 Å².